The maximum atomic E-state index is 13.1. The van der Waals surface area contributed by atoms with Gasteiger partial charge in [-0.2, -0.15) is 0 Å². The smallest absolute Gasteiger partial charge is 0.261 e. The summed E-state index contributed by atoms with van der Waals surface area (Å²) in [5, 5.41) is 0.629. The van der Waals surface area contributed by atoms with Crippen LogP contribution in [0.5, 0.6) is 11.5 Å². The number of carbonyl (C=O) groups excluding carboxylic acids is 2. The predicted molar refractivity (Wildman–Crippen MR) is 134 cm³/mol. The van der Waals surface area contributed by atoms with Crippen LogP contribution in [0, 0.1) is 5.92 Å². The fraction of sp³-hybridized carbons (Fsp3) is 0.429. The van der Waals surface area contributed by atoms with Gasteiger partial charge in [-0.15, -0.1) is 0 Å². The molecule has 6 rings (SSSR count). The first-order valence-electron chi connectivity index (χ1n) is 12.8. The van der Waals surface area contributed by atoms with Gasteiger partial charge in [0.25, 0.3) is 5.56 Å². The normalized spacial score (nSPS) is 17.8. The van der Waals surface area contributed by atoms with Crippen molar-refractivity contribution in [3.63, 3.8) is 0 Å². The SMILES string of the molecule is O=C(c1ccc2c(c1)OCCO2)C1CCN(C(=O)CCc2nc3ccccc3c(=O)n2C2CC2)CC1. The second kappa shape index (κ2) is 9.41. The molecule has 2 aliphatic heterocycles. The fourth-order valence-corrected chi connectivity index (χ4v) is 5.28. The summed E-state index contributed by atoms with van der Waals surface area (Å²) in [6, 6.07) is 12.9. The molecule has 3 aromatic rings. The number of aryl methyl sites for hydroxylation is 1. The maximum absolute atomic E-state index is 13.1. The number of rotatable bonds is 6. The Bertz CT molecular complexity index is 1390. The average molecular weight is 488 g/mol. The molecule has 2 fully saturated rings. The molecule has 0 unspecified atom stereocenters. The first kappa shape index (κ1) is 22.8. The summed E-state index contributed by atoms with van der Waals surface area (Å²) in [6.07, 6.45) is 3.97. The minimum atomic E-state index is -0.112. The number of benzene rings is 2. The van der Waals surface area contributed by atoms with E-state index in [9.17, 15) is 14.4 Å². The zero-order valence-corrected chi connectivity index (χ0v) is 20.2. The number of amides is 1. The highest BCUT2D eigenvalue weighted by Gasteiger charge is 2.31. The topological polar surface area (TPSA) is 90.7 Å². The number of fused-ring (bicyclic) bond motifs is 2. The number of aromatic nitrogens is 2. The van der Waals surface area contributed by atoms with Gasteiger partial charge in [-0.1, -0.05) is 12.1 Å². The molecular weight excluding hydrogens is 458 g/mol. The van der Waals surface area contributed by atoms with Crippen LogP contribution in [0.25, 0.3) is 10.9 Å². The van der Waals surface area contributed by atoms with Crippen molar-refractivity contribution in [2.75, 3.05) is 26.3 Å². The number of hydrogen-bond acceptors (Lipinski definition) is 6. The van der Waals surface area contributed by atoms with Crippen LogP contribution in [0.3, 0.4) is 0 Å². The van der Waals surface area contributed by atoms with Gasteiger partial charge in [0.05, 0.1) is 10.9 Å². The van der Waals surface area contributed by atoms with Crippen LogP contribution < -0.4 is 15.0 Å². The third-order valence-corrected chi connectivity index (χ3v) is 7.40. The van der Waals surface area contributed by atoms with Crippen LogP contribution in [-0.4, -0.2) is 52.4 Å². The molecular formula is C28H29N3O5. The van der Waals surface area contributed by atoms with Crippen LogP contribution in [0.15, 0.2) is 47.3 Å². The monoisotopic (exact) mass is 487 g/mol. The Morgan fingerprint density at radius 2 is 1.69 bits per heavy atom. The lowest BCUT2D eigenvalue weighted by atomic mass is 9.88. The van der Waals surface area contributed by atoms with Gasteiger partial charge in [0, 0.05) is 43.5 Å². The largest absolute Gasteiger partial charge is 0.486 e. The van der Waals surface area contributed by atoms with E-state index in [0.717, 1.165) is 12.8 Å². The molecule has 0 N–H and O–H groups in total. The second-order valence-electron chi connectivity index (χ2n) is 9.83. The van der Waals surface area contributed by atoms with Crippen molar-refractivity contribution in [3.05, 3.63) is 64.2 Å². The van der Waals surface area contributed by atoms with Crippen LogP contribution >= 0.6 is 0 Å². The summed E-state index contributed by atoms with van der Waals surface area (Å²) in [5.74, 6) is 2.01. The quantitative estimate of drug-likeness (QED) is 0.494. The molecule has 0 spiro atoms. The number of likely N-dealkylation sites (tertiary alicyclic amines) is 1. The molecule has 186 valence electrons. The summed E-state index contributed by atoms with van der Waals surface area (Å²) in [4.78, 5) is 45.7. The molecule has 1 saturated carbocycles. The number of nitrogens with zero attached hydrogens (tertiary/aromatic N) is 3. The van der Waals surface area contributed by atoms with Crippen molar-refractivity contribution in [1.29, 1.82) is 0 Å². The van der Waals surface area contributed by atoms with E-state index in [4.69, 9.17) is 14.5 Å². The van der Waals surface area contributed by atoms with Gasteiger partial charge in [-0.25, -0.2) is 4.98 Å². The lowest BCUT2D eigenvalue weighted by Crippen LogP contribution is -2.40. The maximum Gasteiger partial charge on any atom is 0.261 e. The molecule has 3 aliphatic rings. The Hall–Kier alpha value is -3.68. The summed E-state index contributed by atoms with van der Waals surface area (Å²) in [6.45, 7) is 2.11. The number of ketones is 1. The Labute approximate surface area is 208 Å². The van der Waals surface area contributed by atoms with E-state index in [1.54, 1.807) is 22.8 Å². The van der Waals surface area contributed by atoms with Crippen molar-refractivity contribution in [2.24, 2.45) is 5.92 Å². The zero-order valence-electron chi connectivity index (χ0n) is 20.2. The number of para-hydroxylation sites is 1. The Morgan fingerprint density at radius 1 is 0.944 bits per heavy atom. The first-order valence-corrected chi connectivity index (χ1v) is 12.8. The highest BCUT2D eigenvalue weighted by atomic mass is 16.6. The number of Topliss-reactive ketones (excluding diaryl/α,β-unsaturated/α-hetero) is 1. The first-order chi connectivity index (χ1) is 17.6. The standard InChI is InChI=1S/C28H29N3O5/c32-26(10-9-25-29-22-4-2-1-3-21(22)28(34)31(25)20-6-7-20)30-13-11-18(12-14-30)27(33)19-5-8-23-24(17-19)36-16-15-35-23/h1-5,8,17-18,20H,6-7,9-16H2. The third kappa shape index (κ3) is 4.36. The highest BCUT2D eigenvalue weighted by molar-refractivity contribution is 5.98. The van der Waals surface area contributed by atoms with Gasteiger partial charge in [0.1, 0.15) is 19.0 Å². The molecule has 8 nitrogen and oxygen atoms in total. The molecule has 36 heavy (non-hydrogen) atoms. The van der Waals surface area contributed by atoms with Gasteiger partial charge in [-0.3, -0.25) is 19.0 Å². The Kier molecular flexibility index (Phi) is 5.95. The fourth-order valence-electron chi connectivity index (χ4n) is 5.28. The van der Waals surface area contributed by atoms with E-state index < -0.39 is 0 Å². The van der Waals surface area contributed by atoms with E-state index in [-0.39, 0.29) is 29.2 Å². The highest BCUT2D eigenvalue weighted by Crippen LogP contribution is 2.35. The van der Waals surface area contributed by atoms with Crippen LogP contribution in [0.4, 0.5) is 0 Å². The molecule has 1 aromatic heterocycles. The number of carbonyl (C=O) groups is 2. The van der Waals surface area contributed by atoms with Crippen LogP contribution in [0.1, 0.15) is 54.3 Å². The molecule has 0 radical (unpaired) electrons. The Morgan fingerprint density at radius 3 is 2.47 bits per heavy atom. The van der Waals surface area contributed by atoms with Gasteiger partial charge < -0.3 is 14.4 Å². The minimum Gasteiger partial charge on any atom is -0.486 e. The molecule has 1 amide bonds. The Balaban J connectivity index is 1.08. The molecule has 0 atom stereocenters. The summed E-state index contributed by atoms with van der Waals surface area (Å²) < 4.78 is 13.0. The molecule has 1 saturated heterocycles. The van der Waals surface area contributed by atoms with Crippen molar-refractivity contribution in [1.82, 2.24) is 14.5 Å². The van der Waals surface area contributed by atoms with E-state index in [0.29, 0.717) is 85.8 Å². The van der Waals surface area contributed by atoms with Crippen molar-refractivity contribution in [3.8, 4) is 11.5 Å². The van der Waals surface area contributed by atoms with E-state index >= 15 is 0 Å². The van der Waals surface area contributed by atoms with Crippen molar-refractivity contribution >= 4 is 22.6 Å². The lowest BCUT2D eigenvalue weighted by Gasteiger charge is -2.31. The average Bonchev–Trinajstić information content (AvgIpc) is 3.76. The van der Waals surface area contributed by atoms with E-state index in [2.05, 4.69) is 0 Å². The minimum absolute atomic E-state index is 0.0102. The van der Waals surface area contributed by atoms with Gasteiger partial charge in [0.15, 0.2) is 17.3 Å². The van der Waals surface area contributed by atoms with Gasteiger partial charge in [-0.05, 0) is 56.0 Å². The third-order valence-electron chi connectivity index (χ3n) is 7.40. The second-order valence-corrected chi connectivity index (χ2v) is 9.83. The van der Waals surface area contributed by atoms with Gasteiger partial charge in [0.2, 0.25) is 5.91 Å². The number of piperidine rings is 1. The molecule has 2 aromatic carbocycles. The molecule has 1 aliphatic carbocycles. The zero-order chi connectivity index (χ0) is 24.6. The van der Waals surface area contributed by atoms with Gasteiger partial charge >= 0.3 is 0 Å². The molecule has 3 heterocycles. The summed E-state index contributed by atoms with van der Waals surface area (Å²) >= 11 is 0. The molecule has 8 heteroatoms. The number of hydrogen-bond donors (Lipinski definition) is 0. The van der Waals surface area contributed by atoms with Crippen LogP contribution in [-0.2, 0) is 11.2 Å². The van der Waals surface area contributed by atoms with E-state index in [1.807, 2.05) is 29.2 Å². The van der Waals surface area contributed by atoms with E-state index in [1.165, 1.54) is 0 Å². The van der Waals surface area contributed by atoms with Crippen LogP contribution in [0.2, 0.25) is 0 Å². The number of ether oxygens (including phenoxy) is 2. The summed E-state index contributed by atoms with van der Waals surface area (Å²) in [7, 11) is 0. The molecule has 0 bridgehead atoms. The lowest BCUT2D eigenvalue weighted by molar-refractivity contribution is -0.132. The van der Waals surface area contributed by atoms with Crippen molar-refractivity contribution in [2.45, 2.75) is 44.6 Å². The predicted octanol–water partition coefficient (Wildman–Crippen LogP) is 3.56. The summed E-state index contributed by atoms with van der Waals surface area (Å²) in [5.41, 5.74) is 1.30. The van der Waals surface area contributed by atoms with Crippen molar-refractivity contribution < 1.29 is 19.1 Å².